The number of methoxy groups -OCH3 is 1. The number of hydrogen-bond donors (Lipinski definition) is 0. The topological polar surface area (TPSA) is 69.0 Å². The van der Waals surface area contributed by atoms with E-state index >= 15 is 0 Å². The average molecular weight is 288 g/mol. The summed E-state index contributed by atoms with van der Waals surface area (Å²) >= 11 is 0. The first-order valence-corrected chi connectivity index (χ1v) is 7.16. The van der Waals surface area contributed by atoms with Gasteiger partial charge in [-0.05, 0) is 19.8 Å². The first-order valence-electron chi connectivity index (χ1n) is 7.16. The van der Waals surface area contributed by atoms with Gasteiger partial charge in [0.2, 0.25) is 0 Å². The largest absolute Gasteiger partial charge is 0.467 e. The molecule has 1 aliphatic heterocycles. The fourth-order valence-corrected chi connectivity index (χ4v) is 2.84. The molecule has 1 saturated heterocycles. The van der Waals surface area contributed by atoms with Gasteiger partial charge in [-0.25, -0.2) is 4.98 Å². The Hall–Kier alpha value is -2.18. The fourth-order valence-electron chi connectivity index (χ4n) is 2.84. The van der Waals surface area contributed by atoms with Gasteiger partial charge in [0.25, 0.3) is 0 Å². The molecular formula is C14H20N6O. The minimum Gasteiger partial charge on any atom is -0.467 e. The molecule has 112 valence electrons. The van der Waals surface area contributed by atoms with E-state index in [0.29, 0.717) is 11.9 Å². The first kappa shape index (κ1) is 13.8. The molecule has 7 nitrogen and oxygen atoms in total. The van der Waals surface area contributed by atoms with Crippen LogP contribution in [0.2, 0.25) is 0 Å². The van der Waals surface area contributed by atoms with Crippen molar-refractivity contribution in [3.63, 3.8) is 0 Å². The summed E-state index contributed by atoms with van der Waals surface area (Å²) in [5, 5.41) is 8.23. The summed E-state index contributed by atoms with van der Waals surface area (Å²) in [6.07, 6.45) is 4.00. The lowest BCUT2D eigenvalue weighted by Gasteiger charge is -2.33. The van der Waals surface area contributed by atoms with Crippen LogP contribution in [0.5, 0.6) is 6.01 Å². The molecule has 0 N–H and O–H groups in total. The zero-order valence-electron chi connectivity index (χ0n) is 12.7. The normalized spacial score (nSPS) is 18.8. The van der Waals surface area contributed by atoms with Crippen molar-refractivity contribution in [1.29, 1.82) is 0 Å². The number of aromatic nitrogens is 5. The molecule has 1 atom stereocenters. The van der Waals surface area contributed by atoms with Crippen molar-refractivity contribution in [2.45, 2.75) is 25.7 Å². The van der Waals surface area contributed by atoms with Gasteiger partial charge in [0.1, 0.15) is 18.0 Å². The lowest BCUT2D eigenvalue weighted by Crippen LogP contribution is -2.36. The summed E-state index contributed by atoms with van der Waals surface area (Å²) in [6, 6.07) is 2.42. The third-order valence-corrected chi connectivity index (χ3v) is 3.86. The van der Waals surface area contributed by atoms with Crippen molar-refractivity contribution in [2.24, 2.45) is 7.05 Å². The van der Waals surface area contributed by atoms with Crippen LogP contribution < -0.4 is 9.64 Å². The number of aryl methyl sites for hydroxylation is 2. The van der Waals surface area contributed by atoms with Crippen molar-refractivity contribution in [3.8, 4) is 6.01 Å². The van der Waals surface area contributed by atoms with Gasteiger partial charge in [-0.1, -0.05) is 0 Å². The monoisotopic (exact) mass is 288 g/mol. The standard InChI is InChI=1S/C14H20N6O/c1-10-7-12(17-14(16-10)21-3)20-6-4-5-11(8-20)13-18-15-9-19(13)2/h7,9,11H,4-6,8H2,1-3H3. The van der Waals surface area contributed by atoms with E-state index in [-0.39, 0.29) is 0 Å². The van der Waals surface area contributed by atoms with Crippen LogP contribution in [0.3, 0.4) is 0 Å². The number of rotatable bonds is 3. The molecule has 0 saturated carbocycles. The Balaban J connectivity index is 1.83. The number of anilines is 1. The molecule has 0 aliphatic carbocycles. The molecule has 0 spiro atoms. The molecule has 1 fully saturated rings. The summed E-state index contributed by atoms with van der Waals surface area (Å²) in [7, 11) is 3.59. The molecule has 2 aromatic rings. The molecule has 2 aromatic heterocycles. The van der Waals surface area contributed by atoms with Crippen LogP contribution in [0.15, 0.2) is 12.4 Å². The van der Waals surface area contributed by atoms with Gasteiger partial charge in [0.05, 0.1) is 7.11 Å². The van der Waals surface area contributed by atoms with Gasteiger partial charge < -0.3 is 14.2 Å². The van der Waals surface area contributed by atoms with E-state index in [9.17, 15) is 0 Å². The van der Waals surface area contributed by atoms with E-state index in [0.717, 1.165) is 43.3 Å². The van der Waals surface area contributed by atoms with Crippen molar-refractivity contribution in [1.82, 2.24) is 24.7 Å². The van der Waals surface area contributed by atoms with E-state index in [2.05, 4.69) is 25.1 Å². The zero-order valence-corrected chi connectivity index (χ0v) is 12.7. The average Bonchev–Trinajstić information content (AvgIpc) is 2.93. The van der Waals surface area contributed by atoms with Crippen molar-refractivity contribution in [2.75, 3.05) is 25.1 Å². The smallest absolute Gasteiger partial charge is 0.318 e. The van der Waals surface area contributed by atoms with Crippen LogP contribution in [0, 0.1) is 6.92 Å². The summed E-state index contributed by atoms with van der Waals surface area (Å²) in [4.78, 5) is 11.0. The van der Waals surface area contributed by atoms with Crippen LogP contribution >= 0.6 is 0 Å². The number of hydrogen-bond acceptors (Lipinski definition) is 6. The highest BCUT2D eigenvalue weighted by molar-refractivity contribution is 5.41. The van der Waals surface area contributed by atoms with E-state index in [4.69, 9.17) is 4.74 Å². The second-order valence-corrected chi connectivity index (χ2v) is 5.44. The molecule has 3 heterocycles. The summed E-state index contributed by atoms with van der Waals surface area (Å²) in [5.41, 5.74) is 0.914. The number of nitrogens with zero attached hydrogens (tertiary/aromatic N) is 6. The molecular weight excluding hydrogens is 268 g/mol. The van der Waals surface area contributed by atoms with Crippen LogP contribution in [-0.2, 0) is 7.05 Å². The van der Waals surface area contributed by atoms with E-state index < -0.39 is 0 Å². The Morgan fingerprint density at radius 2 is 2.19 bits per heavy atom. The maximum atomic E-state index is 5.17. The third kappa shape index (κ3) is 2.81. The Morgan fingerprint density at radius 1 is 1.33 bits per heavy atom. The van der Waals surface area contributed by atoms with Crippen LogP contribution in [-0.4, -0.2) is 44.9 Å². The highest BCUT2D eigenvalue weighted by Crippen LogP contribution is 2.28. The van der Waals surface area contributed by atoms with Gasteiger partial charge in [0.15, 0.2) is 0 Å². The lowest BCUT2D eigenvalue weighted by molar-refractivity contribution is 0.377. The van der Waals surface area contributed by atoms with Gasteiger partial charge in [0, 0.05) is 37.8 Å². The molecule has 0 aromatic carbocycles. The predicted octanol–water partition coefficient (Wildman–Crippen LogP) is 1.31. The van der Waals surface area contributed by atoms with Crippen LogP contribution in [0.1, 0.15) is 30.3 Å². The lowest BCUT2D eigenvalue weighted by atomic mass is 9.97. The number of ether oxygens (including phenoxy) is 1. The Morgan fingerprint density at radius 3 is 2.90 bits per heavy atom. The molecule has 0 radical (unpaired) electrons. The number of piperidine rings is 1. The van der Waals surface area contributed by atoms with Gasteiger partial charge >= 0.3 is 6.01 Å². The van der Waals surface area contributed by atoms with E-state index in [1.54, 1.807) is 13.4 Å². The molecule has 3 rings (SSSR count). The van der Waals surface area contributed by atoms with Gasteiger partial charge in [-0.3, -0.25) is 0 Å². The Bertz CT molecular complexity index is 626. The Kier molecular flexibility index (Phi) is 3.72. The van der Waals surface area contributed by atoms with Gasteiger partial charge in [-0.2, -0.15) is 4.98 Å². The molecule has 0 amide bonds. The SMILES string of the molecule is COc1nc(C)cc(N2CCCC(c3nncn3C)C2)n1. The van der Waals surface area contributed by atoms with Crippen LogP contribution in [0.4, 0.5) is 5.82 Å². The van der Waals surface area contributed by atoms with Crippen molar-refractivity contribution < 1.29 is 4.74 Å². The quantitative estimate of drug-likeness (QED) is 0.848. The molecule has 7 heteroatoms. The second-order valence-electron chi connectivity index (χ2n) is 5.44. The molecule has 0 bridgehead atoms. The predicted molar refractivity (Wildman–Crippen MR) is 78.5 cm³/mol. The molecule has 1 aliphatic rings. The second kappa shape index (κ2) is 5.67. The molecule has 1 unspecified atom stereocenters. The maximum absolute atomic E-state index is 5.17. The third-order valence-electron chi connectivity index (χ3n) is 3.86. The summed E-state index contributed by atoms with van der Waals surface area (Å²) in [5.74, 6) is 2.34. The van der Waals surface area contributed by atoms with E-state index in [1.807, 2.05) is 24.6 Å². The first-order chi connectivity index (χ1) is 10.2. The van der Waals surface area contributed by atoms with E-state index in [1.165, 1.54) is 0 Å². The van der Waals surface area contributed by atoms with Crippen LogP contribution in [0.25, 0.3) is 0 Å². The fraction of sp³-hybridized carbons (Fsp3) is 0.571. The highest BCUT2D eigenvalue weighted by atomic mass is 16.5. The van der Waals surface area contributed by atoms with Crippen molar-refractivity contribution in [3.05, 3.63) is 23.9 Å². The molecule has 21 heavy (non-hydrogen) atoms. The zero-order chi connectivity index (χ0) is 14.8. The minimum absolute atomic E-state index is 0.382. The minimum atomic E-state index is 0.382. The van der Waals surface area contributed by atoms with Crippen molar-refractivity contribution >= 4 is 5.82 Å². The Labute approximate surface area is 124 Å². The highest BCUT2D eigenvalue weighted by Gasteiger charge is 2.25. The summed E-state index contributed by atoms with van der Waals surface area (Å²) < 4.78 is 7.17. The van der Waals surface area contributed by atoms with Gasteiger partial charge in [-0.15, -0.1) is 10.2 Å². The summed E-state index contributed by atoms with van der Waals surface area (Å²) in [6.45, 7) is 3.85. The maximum Gasteiger partial charge on any atom is 0.318 e.